The van der Waals surface area contributed by atoms with Gasteiger partial charge in [-0.05, 0) is 49.6 Å². The van der Waals surface area contributed by atoms with Gasteiger partial charge < -0.3 is 9.88 Å². The van der Waals surface area contributed by atoms with E-state index in [1.165, 1.54) is 0 Å². The maximum atomic E-state index is 13.4. The Hall–Kier alpha value is -3.40. The van der Waals surface area contributed by atoms with Gasteiger partial charge in [0.15, 0.2) is 5.82 Å². The van der Waals surface area contributed by atoms with Gasteiger partial charge in [0.1, 0.15) is 11.9 Å². The first kappa shape index (κ1) is 21.4. The number of rotatable bonds is 8. The van der Waals surface area contributed by atoms with E-state index in [0.717, 1.165) is 53.3 Å². The van der Waals surface area contributed by atoms with Crippen LogP contribution in [0.25, 0.3) is 16.5 Å². The van der Waals surface area contributed by atoms with Crippen LogP contribution in [0, 0.1) is 6.92 Å². The number of carbonyl (C=O) groups excluding carboxylic acids is 1. The lowest BCUT2D eigenvalue weighted by atomic mass is 10.1. The number of amides is 1. The Morgan fingerprint density at radius 2 is 2.15 bits per heavy atom. The lowest BCUT2D eigenvalue weighted by molar-refractivity contribution is 0.0927. The number of hydrogen-bond acceptors (Lipinski definition) is 7. The van der Waals surface area contributed by atoms with Crippen molar-refractivity contribution in [2.75, 3.05) is 0 Å². The number of nitrogens with one attached hydrogen (secondary N) is 1. The second-order valence-electron chi connectivity index (χ2n) is 8.50. The van der Waals surface area contributed by atoms with Gasteiger partial charge >= 0.3 is 0 Å². The molecular formula is C23H26N8OS. The van der Waals surface area contributed by atoms with Crippen molar-refractivity contribution in [3.05, 3.63) is 58.9 Å². The van der Waals surface area contributed by atoms with E-state index in [0.29, 0.717) is 17.9 Å². The largest absolute Gasteiger partial charge is 0.339 e. The summed E-state index contributed by atoms with van der Waals surface area (Å²) in [7, 11) is 1.90. The Morgan fingerprint density at radius 1 is 1.30 bits per heavy atom. The highest BCUT2D eigenvalue weighted by molar-refractivity contribution is 7.13. The molecule has 0 aliphatic heterocycles. The molecule has 1 aliphatic rings. The van der Waals surface area contributed by atoms with Gasteiger partial charge in [-0.3, -0.25) is 4.79 Å². The summed E-state index contributed by atoms with van der Waals surface area (Å²) in [6, 6.07) is 4.06. The minimum atomic E-state index is -0.459. The summed E-state index contributed by atoms with van der Waals surface area (Å²) >= 11 is 1.64. The van der Waals surface area contributed by atoms with E-state index in [-0.39, 0.29) is 5.91 Å². The molecule has 0 radical (unpaired) electrons. The molecule has 0 bridgehead atoms. The predicted octanol–water partition coefficient (Wildman–Crippen LogP) is 3.59. The van der Waals surface area contributed by atoms with Crippen LogP contribution in [-0.4, -0.2) is 40.4 Å². The third kappa shape index (κ3) is 3.95. The maximum Gasteiger partial charge on any atom is 0.255 e. The number of thiophene rings is 1. The van der Waals surface area contributed by atoms with E-state index in [9.17, 15) is 4.79 Å². The van der Waals surface area contributed by atoms with Gasteiger partial charge in [0.2, 0.25) is 0 Å². The molecule has 4 heterocycles. The van der Waals surface area contributed by atoms with Crippen LogP contribution in [-0.2, 0) is 19.0 Å². The second-order valence-corrected chi connectivity index (χ2v) is 9.45. The molecule has 0 saturated heterocycles. The molecule has 5 rings (SSSR count). The van der Waals surface area contributed by atoms with Crippen molar-refractivity contribution in [3.8, 4) is 16.5 Å². The van der Waals surface area contributed by atoms with Crippen molar-refractivity contribution in [3.63, 3.8) is 0 Å². The van der Waals surface area contributed by atoms with Crippen LogP contribution in [0.5, 0.6) is 0 Å². The lowest BCUT2D eigenvalue weighted by Gasteiger charge is -2.17. The fraction of sp³-hybridized carbons (Fsp3) is 0.391. The third-order valence-electron chi connectivity index (χ3n) is 6.03. The molecule has 1 saturated carbocycles. The Kier molecular flexibility index (Phi) is 5.53. The van der Waals surface area contributed by atoms with E-state index in [1.807, 2.05) is 42.2 Å². The molecule has 33 heavy (non-hydrogen) atoms. The van der Waals surface area contributed by atoms with Crippen LogP contribution in [0.1, 0.15) is 60.0 Å². The van der Waals surface area contributed by atoms with Crippen molar-refractivity contribution in [1.82, 2.24) is 39.8 Å². The quantitative estimate of drug-likeness (QED) is 0.429. The predicted molar refractivity (Wildman–Crippen MR) is 125 cm³/mol. The highest BCUT2D eigenvalue weighted by Gasteiger charge is 2.49. The lowest BCUT2D eigenvalue weighted by Crippen LogP contribution is -2.37. The summed E-state index contributed by atoms with van der Waals surface area (Å²) in [5.74, 6) is 1.10. The van der Waals surface area contributed by atoms with E-state index in [1.54, 1.807) is 28.5 Å². The summed E-state index contributed by atoms with van der Waals surface area (Å²) in [6.45, 7) is 4.13. The smallest absolute Gasteiger partial charge is 0.255 e. The average Bonchev–Trinajstić information content (AvgIpc) is 3.23. The first-order valence-electron chi connectivity index (χ1n) is 11.1. The molecule has 1 fully saturated rings. The number of hydrogen-bond donors (Lipinski definition) is 1. The van der Waals surface area contributed by atoms with Crippen LogP contribution in [0.3, 0.4) is 0 Å². The van der Waals surface area contributed by atoms with Crippen LogP contribution in [0.4, 0.5) is 0 Å². The molecule has 0 atom stereocenters. The highest BCUT2D eigenvalue weighted by Crippen LogP contribution is 2.44. The van der Waals surface area contributed by atoms with Crippen molar-refractivity contribution in [2.24, 2.45) is 7.05 Å². The second kappa shape index (κ2) is 8.51. The van der Waals surface area contributed by atoms with Crippen molar-refractivity contribution in [1.29, 1.82) is 0 Å². The molecule has 0 spiro atoms. The fourth-order valence-corrected chi connectivity index (χ4v) is 4.83. The SMILES string of the molecule is CCCCc1c(C(=O)NC2(c3nncn3C)CC2)cnn1-c1ncc(C)c(-c2cccs2)n1. The maximum absolute atomic E-state index is 13.4. The zero-order valence-electron chi connectivity index (χ0n) is 18.9. The van der Waals surface area contributed by atoms with E-state index < -0.39 is 5.54 Å². The molecule has 10 heteroatoms. The highest BCUT2D eigenvalue weighted by atomic mass is 32.1. The molecule has 4 aromatic heterocycles. The van der Waals surface area contributed by atoms with Gasteiger partial charge in [-0.15, -0.1) is 21.5 Å². The summed E-state index contributed by atoms with van der Waals surface area (Å²) in [5.41, 5.74) is 2.81. The van der Waals surface area contributed by atoms with Crippen molar-refractivity contribution in [2.45, 2.75) is 51.5 Å². The van der Waals surface area contributed by atoms with Crippen LogP contribution in [0.15, 0.2) is 36.2 Å². The van der Waals surface area contributed by atoms with Gasteiger partial charge in [0, 0.05) is 13.2 Å². The van der Waals surface area contributed by atoms with Gasteiger partial charge in [-0.25, -0.2) is 14.6 Å². The normalized spacial score (nSPS) is 14.4. The standard InChI is InChI=1S/C23H26N8OS/c1-4-5-7-17-16(20(32)28-23(9-10-23)21-29-25-14-30(21)3)13-26-31(17)22-24-12-15(2)19(27-22)18-8-6-11-33-18/h6,8,11-14H,4-5,7,9-10H2,1-3H3,(H,28,32). The van der Waals surface area contributed by atoms with Crippen LogP contribution in [0.2, 0.25) is 0 Å². The number of aromatic nitrogens is 7. The molecule has 4 aromatic rings. The number of nitrogens with zero attached hydrogens (tertiary/aromatic N) is 7. The Labute approximate surface area is 195 Å². The minimum Gasteiger partial charge on any atom is -0.339 e. The molecule has 9 nitrogen and oxygen atoms in total. The molecule has 1 N–H and O–H groups in total. The van der Waals surface area contributed by atoms with Gasteiger partial charge in [0.25, 0.3) is 11.9 Å². The molecular weight excluding hydrogens is 436 g/mol. The Morgan fingerprint density at radius 3 is 2.82 bits per heavy atom. The molecule has 1 aliphatic carbocycles. The minimum absolute atomic E-state index is 0.154. The van der Waals surface area contributed by atoms with Gasteiger partial charge in [-0.1, -0.05) is 19.4 Å². The van der Waals surface area contributed by atoms with Crippen molar-refractivity contribution >= 4 is 17.2 Å². The van der Waals surface area contributed by atoms with Crippen LogP contribution < -0.4 is 5.32 Å². The fourth-order valence-electron chi connectivity index (χ4n) is 4.05. The molecule has 0 aromatic carbocycles. The van der Waals surface area contributed by atoms with Gasteiger partial charge in [-0.2, -0.15) is 5.10 Å². The van der Waals surface area contributed by atoms with Gasteiger partial charge in [0.05, 0.1) is 28.0 Å². The van der Waals surface area contributed by atoms with Crippen LogP contribution >= 0.6 is 11.3 Å². The Bertz CT molecular complexity index is 1290. The van der Waals surface area contributed by atoms with E-state index >= 15 is 0 Å². The first-order valence-corrected chi connectivity index (χ1v) is 12.0. The molecule has 1 amide bonds. The molecule has 170 valence electrons. The summed E-state index contributed by atoms with van der Waals surface area (Å²) in [4.78, 5) is 23.8. The topological polar surface area (TPSA) is 103 Å². The summed E-state index contributed by atoms with van der Waals surface area (Å²) < 4.78 is 3.57. The number of carbonyl (C=O) groups is 1. The molecule has 0 unspecified atom stereocenters. The van der Waals surface area contributed by atoms with Crippen molar-refractivity contribution < 1.29 is 4.79 Å². The summed E-state index contributed by atoms with van der Waals surface area (Å²) in [6.07, 6.45) is 9.43. The summed E-state index contributed by atoms with van der Waals surface area (Å²) in [5, 5.41) is 18.0. The van der Waals surface area contributed by atoms with E-state index in [4.69, 9.17) is 4.98 Å². The third-order valence-corrected chi connectivity index (χ3v) is 6.90. The van der Waals surface area contributed by atoms with E-state index in [2.05, 4.69) is 32.5 Å². The number of aryl methyl sites for hydroxylation is 2. The first-order chi connectivity index (χ1) is 16.0. The average molecular weight is 463 g/mol. The monoisotopic (exact) mass is 462 g/mol. The zero-order chi connectivity index (χ0) is 23.0. The zero-order valence-corrected chi connectivity index (χ0v) is 19.8. The number of unbranched alkanes of at least 4 members (excludes halogenated alkanes) is 1. The Balaban J connectivity index is 1.50.